The smallest absolute Gasteiger partial charge is 0.244 e. The molecule has 0 saturated carbocycles. The molecule has 0 aliphatic carbocycles. The SMILES string of the molecule is C=C[Si](C=C)(Cc1ccccc1)OCC. The highest BCUT2D eigenvalue weighted by Gasteiger charge is 2.27. The first-order chi connectivity index (χ1) is 7.26. The van der Waals surface area contributed by atoms with Crippen LogP contribution in [0.1, 0.15) is 12.5 Å². The van der Waals surface area contributed by atoms with E-state index in [0.717, 1.165) is 12.7 Å². The molecule has 0 saturated heterocycles. The van der Waals surface area contributed by atoms with E-state index in [4.69, 9.17) is 4.43 Å². The van der Waals surface area contributed by atoms with Gasteiger partial charge in [0.2, 0.25) is 8.32 Å². The quantitative estimate of drug-likeness (QED) is 0.666. The molecular formula is C13H18OSi. The fourth-order valence-electron chi connectivity index (χ4n) is 1.58. The van der Waals surface area contributed by atoms with Gasteiger partial charge in [0.15, 0.2) is 0 Å². The molecule has 0 spiro atoms. The zero-order valence-electron chi connectivity index (χ0n) is 9.28. The zero-order chi connectivity index (χ0) is 11.1. The van der Waals surface area contributed by atoms with Gasteiger partial charge in [-0.25, -0.2) is 0 Å². The largest absolute Gasteiger partial charge is 0.409 e. The third-order valence-corrected chi connectivity index (χ3v) is 5.60. The van der Waals surface area contributed by atoms with Gasteiger partial charge in [0, 0.05) is 6.61 Å². The molecule has 1 aromatic rings. The molecule has 0 N–H and O–H groups in total. The van der Waals surface area contributed by atoms with Crippen molar-refractivity contribution in [3.05, 3.63) is 60.5 Å². The van der Waals surface area contributed by atoms with Crippen molar-refractivity contribution in [2.45, 2.75) is 13.0 Å². The lowest BCUT2D eigenvalue weighted by Crippen LogP contribution is -2.37. The number of benzene rings is 1. The minimum atomic E-state index is -1.96. The van der Waals surface area contributed by atoms with Crippen molar-refractivity contribution in [1.29, 1.82) is 0 Å². The van der Waals surface area contributed by atoms with Crippen molar-refractivity contribution >= 4 is 8.32 Å². The van der Waals surface area contributed by atoms with E-state index >= 15 is 0 Å². The molecule has 0 unspecified atom stereocenters. The van der Waals surface area contributed by atoms with Crippen LogP contribution in [0.3, 0.4) is 0 Å². The molecule has 0 aromatic heterocycles. The van der Waals surface area contributed by atoms with E-state index in [1.165, 1.54) is 5.56 Å². The predicted octanol–water partition coefficient (Wildman–Crippen LogP) is 3.20. The molecule has 1 aromatic carbocycles. The Labute approximate surface area is 93.2 Å². The predicted molar refractivity (Wildman–Crippen MR) is 67.9 cm³/mol. The Morgan fingerprint density at radius 2 is 1.80 bits per heavy atom. The Bertz CT molecular complexity index is 311. The second kappa shape index (κ2) is 5.68. The maximum atomic E-state index is 5.83. The minimum Gasteiger partial charge on any atom is -0.409 e. The first-order valence-corrected chi connectivity index (χ1v) is 7.48. The van der Waals surface area contributed by atoms with Gasteiger partial charge in [-0.05, 0) is 18.5 Å². The third-order valence-electron chi connectivity index (χ3n) is 2.43. The van der Waals surface area contributed by atoms with Crippen LogP contribution in [0.15, 0.2) is 54.9 Å². The van der Waals surface area contributed by atoms with Crippen molar-refractivity contribution in [2.75, 3.05) is 6.61 Å². The average molecular weight is 218 g/mol. The van der Waals surface area contributed by atoms with Gasteiger partial charge in [0.1, 0.15) is 0 Å². The normalized spacial score (nSPS) is 11.0. The molecule has 0 radical (unpaired) electrons. The van der Waals surface area contributed by atoms with Crippen LogP contribution in [-0.4, -0.2) is 14.9 Å². The molecule has 2 heteroatoms. The highest BCUT2D eigenvalue weighted by molar-refractivity contribution is 6.82. The fourth-order valence-corrected chi connectivity index (χ4v) is 3.78. The Morgan fingerprint density at radius 1 is 1.20 bits per heavy atom. The second-order valence-corrected chi connectivity index (χ2v) is 6.83. The van der Waals surface area contributed by atoms with Crippen LogP contribution in [0.4, 0.5) is 0 Å². The van der Waals surface area contributed by atoms with Crippen LogP contribution in [0.25, 0.3) is 0 Å². The van der Waals surface area contributed by atoms with Crippen molar-refractivity contribution in [3.63, 3.8) is 0 Å². The van der Waals surface area contributed by atoms with E-state index in [0.29, 0.717) is 0 Å². The van der Waals surface area contributed by atoms with E-state index in [-0.39, 0.29) is 0 Å². The maximum absolute atomic E-state index is 5.83. The van der Waals surface area contributed by atoms with Gasteiger partial charge in [-0.3, -0.25) is 0 Å². The highest BCUT2D eigenvalue weighted by atomic mass is 28.4. The molecule has 0 heterocycles. The highest BCUT2D eigenvalue weighted by Crippen LogP contribution is 2.15. The van der Waals surface area contributed by atoms with Gasteiger partial charge >= 0.3 is 0 Å². The van der Waals surface area contributed by atoms with E-state index < -0.39 is 8.32 Å². The first-order valence-electron chi connectivity index (χ1n) is 5.21. The summed E-state index contributed by atoms with van der Waals surface area (Å²) in [6.45, 7) is 10.5. The summed E-state index contributed by atoms with van der Waals surface area (Å²) in [5.74, 6) is 0. The van der Waals surface area contributed by atoms with Crippen LogP contribution in [0.2, 0.25) is 0 Å². The molecule has 0 aliphatic rings. The molecule has 0 amide bonds. The summed E-state index contributed by atoms with van der Waals surface area (Å²) < 4.78 is 5.83. The summed E-state index contributed by atoms with van der Waals surface area (Å²) in [6.07, 6.45) is 0. The lowest BCUT2D eigenvalue weighted by atomic mass is 10.2. The molecule has 0 fully saturated rings. The third kappa shape index (κ3) is 3.18. The van der Waals surface area contributed by atoms with Gasteiger partial charge in [0.25, 0.3) is 0 Å². The summed E-state index contributed by atoms with van der Waals surface area (Å²) >= 11 is 0. The number of hydrogen-bond acceptors (Lipinski definition) is 1. The Balaban J connectivity index is 2.83. The van der Waals surface area contributed by atoms with Gasteiger partial charge in [-0.2, -0.15) is 0 Å². The summed E-state index contributed by atoms with van der Waals surface area (Å²) in [5, 5.41) is 0. The Hall–Kier alpha value is -1.12. The summed E-state index contributed by atoms with van der Waals surface area (Å²) in [6, 6.07) is 11.3. The summed E-state index contributed by atoms with van der Waals surface area (Å²) in [5.41, 5.74) is 5.20. The Morgan fingerprint density at radius 3 is 2.27 bits per heavy atom. The van der Waals surface area contributed by atoms with Gasteiger partial charge in [-0.1, -0.05) is 41.7 Å². The van der Waals surface area contributed by atoms with Crippen LogP contribution in [0.5, 0.6) is 0 Å². The summed E-state index contributed by atoms with van der Waals surface area (Å²) in [7, 11) is -1.96. The van der Waals surface area contributed by atoms with Crippen molar-refractivity contribution in [3.8, 4) is 0 Å². The van der Waals surface area contributed by atoms with Gasteiger partial charge in [-0.15, -0.1) is 13.2 Å². The van der Waals surface area contributed by atoms with Crippen molar-refractivity contribution in [1.82, 2.24) is 0 Å². The minimum absolute atomic E-state index is 0.719. The van der Waals surface area contributed by atoms with Crippen LogP contribution >= 0.6 is 0 Å². The molecule has 1 rings (SSSR count). The molecule has 0 aliphatic heterocycles. The van der Waals surface area contributed by atoms with Crippen molar-refractivity contribution in [2.24, 2.45) is 0 Å². The Kier molecular flexibility index (Phi) is 4.53. The lowest BCUT2D eigenvalue weighted by Gasteiger charge is -2.23. The van der Waals surface area contributed by atoms with E-state index in [2.05, 4.69) is 25.3 Å². The average Bonchev–Trinajstić information content (AvgIpc) is 2.30. The van der Waals surface area contributed by atoms with Gasteiger partial charge in [0.05, 0.1) is 0 Å². The molecule has 15 heavy (non-hydrogen) atoms. The standard InChI is InChI=1S/C13H18OSi/c1-4-14-15(5-2,6-3)12-13-10-8-7-9-11-13/h5-11H,2-4,12H2,1H3. The first kappa shape index (κ1) is 11.9. The topological polar surface area (TPSA) is 9.23 Å². The van der Waals surface area contributed by atoms with E-state index in [1.54, 1.807) is 0 Å². The van der Waals surface area contributed by atoms with E-state index in [9.17, 15) is 0 Å². The zero-order valence-corrected chi connectivity index (χ0v) is 10.3. The van der Waals surface area contributed by atoms with Crippen LogP contribution < -0.4 is 0 Å². The monoisotopic (exact) mass is 218 g/mol. The summed E-state index contributed by atoms with van der Waals surface area (Å²) in [4.78, 5) is 0. The number of hydrogen-bond donors (Lipinski definition) is 0. The molecule has 1 nitrogen and oxygen atoms in total. The van der Waals surface area contributed by atoms with Crippen LogP contribution in [-0.2, 0) is 10.5 Å². The van der Waals surface area contributed by atoms with E-state index in [1.807, 2.05) is 36.5 Å². The molecule has 0 atom stereocenters. The second-order valence-electron chi connectivity index (χ2n) is 3.46. The molecule has 80 valence electrons. The fraction of sp³-hybridized carbons (Fsp3) is 0.231. The number of rotatable bonds is 6. The van der Waals surface area contributed by atoms with Crippen molar-refractivity contribution < 1.29 is 4.43 Å². The maximum Gasteiger partial charge on any atom is 0.244 e. The molecular weight excluding hydrogens is 200 g/mol. The lowest BCUT2D eigenvalue weighted by molar-refractivity contribution is 0.336. The van der Waals surface area contributed by atoms with Gasteiger partial charge < -0.3 is 4.43 Å². The van der Waals surface area contributed by atoms with Crippen LogP contribution in [0, 0.1) is 0 Å². The molecule has 0 bridgehead atoms.